The van der Waals surface area contributed by atoms with Crippen molar-refractivity contribution in [1.29, 1.82) is 0 Å². The Morgan fingerprint density at radius 3 is 2.82 bits per heavy atom. The Hall–Kier alpha value is -0.860. The monoisotopic (exact) mass is 279 g/mol. The lowest BCUT2D eigenvalue weighted by atomic mass is 10.6. The number of nitrogens with two attached hydrogens (primary N) is 1. The number of methoxy groups -OCH3 is 1. The van der Waals surface area contributed by atoms with Crippen LogP contribution in [-0.4, -0.2) is 38.8 Å². The van der Waals surface area contributed by atoms with E-state index in [0.717, 1.165) is 11.5 Å². The summed E-state index contributed by atoms with van der Waals surface area (Å²) in [6.07, 6.45) is 0.551. The Morgan fingerprint density at radius 2 is 2.24 bits per heavy atom. The smallest absolute Gasteiger partial charge is 0.185 e. The molecular formula is C9H17N3O3S2. The molecule has 0 unspecified atom stereocenters. The molecule has 3 N–H and O–H groups in total. The van der Waals surface area contributed by atoms with E-state index in [4.69, 9.17) is 10.5 Å². The third-order valence-corrected chi connectivity index (χ3v) is 4.98. The van der Waals surface area contributed by atoms with Gasteiger partial charge in [-0.2, -0.15) is 4.37 Å². The van der Waals surface area contributed by atoms with E-state index in [1.165, 1.54) is 0 Å². The van der Waals surface area contributed by atoms with Crippen molar-refractivity contribution in [3.05, 3.63) is 0 Å². The summed E-state index contributed by atoms with van der Waals surface area (Å²) in [4.78, 5) is 0.125. The molecule has 0 amide bonds. The molecule has 1 rings (SSSR count). The van der Waals surface area contributed by atoms with Gasteiger partial charge in [-0.05, 0) is 18.0 Å². The maximum Gasteiger partial charge on any atom is 0.185 e. The first-order valence-electron chi connectivity index (χ1n) is 5.23. The number of sulfone groups is 1. The number of ether oxygens (including phenoxy) is 1. The van der Waals surface area contributed by atoms with Crippen LogP contribution in [0.5, 0.6) is 0 Å². The van der Waals surface area contributed by atoms with Gasteiger partial charge in [0.1, 0.15) is 9.90 Å². The summed E-state index contributed by atoms with van der Waals surface area (Å²) in [5, 5.41) is 3.46. The zero-order valence-corrected chi connectivity index (χ0v) is 11.5. The second-order valence-electron chi connectivity index (χ2n) is 3.46. The summed E-state index contributed by atoms with van der Waals surface area (Å²) in [5.74, 6) is 0.151. The molecule has 17 heavy (non-hydrogen) atoms. The van der Waals surface area contributed by atoms with Gasteiger partial charge in [-0.3, -0.25) is 0 Å². The second-order valence-corrected chi connectivity index (χ2v) is 6.28. The quantitative estimate of drug-likeness (QED) is 0.722. The Morgan fingerprint density at radius 1 is 1.53 bits per heavy atom. The molecule has 98 valence electrons. The molecule has 0 atom stereocenters. The molecule has 0 saturated heterocycles. The number of nitrogen functional groups attached to an aromatic ring is 1. The topological polar surface area (TPSA) is 94.3 Å². The molecule has 0 saturated carbocycles. The van der Waals surface area contributed by atoms with Crippen molar-refractivity contribution < 1.29 is 13.2 Å². The van der Waals surface area contributed by atoms with Gasteiger partial charge >= 0.3 is 0 Å². The van der Waals surface area contributed by atoms with E-state index >= 15 is 0 Å². The van der Waals surface area contributed by atoms with Crippen LogP contribution in [0.1, 0.15) is 13.3 Å². The second kappa shape index (κ2) is 6.18. The predicted molar refractivity (Wildman–Crippen MR) is 69.2 cm³/mol. The van der Waals surface area contributed by atoms with E-state index in [0.29, 0.717) is 24.6 Å². The standard InChI is InChI=1S/C9H17N3O3S2/c1-3-6-17(13,14)7-8(10)12-16-9(7)11-4-5-15-2/h11H,3-6H2,1-2H3,(H2,10,12). The summed E-state index contributed by atoms with van der Waals surface area (Å²) < 4.78 is 32.7. The summed E-state index contributed by atoms with van der Waals surface area (Å²) in [6, 6.07) is 0. The predicted octanol–water partition coefficient (Wildman–Crippen LogP) is 0.967. The number of nitrogens with one attached hydrogen (secondary N) is 1. The van der Waals surface area contributed by atoms with Crippen LogP contribution in [0.25, 0.3) is 0 Å². The maximum absolute atomic E-state index is 12.0. The number of anilines is 2. The third kappa shape index (κ3) is 3.55. The Kier molecular flexibility index (Phi) is 5.16. The van der Waals surface area contributed by atoms with E-state index in [2.05, 4.69) is 9.69 Å². The number of nitrogens with zero attached hydrogens (tertiary/aromatic N) is 1. The van der Waals surface area contributed by atoms with Crippen molar-refractivity contribution in [2.45, 2.75) is 18.2 Å². The third-order valence-electron chi connectivity index (χ3n) is 2.05. The number of rotatable bonds is 7. The minimum Gasteiger partial charge on any atom is -0.383 e. The van der Waals surface area contributed by atoms with Crippen LogP contribution in [0.4, 0.5) is 10.8 Å². The molecule has 8 heteroatoms. The van der Waals surface area contributed by atoms with E-state index in [-0.39, 0.29) is 16.5 Å². The Balaban J connectivity index is 2.94. The first-order valence-corrected chi connectivity index (χ1v) is 7.66. The van der Waals surface area contributed by atoms with Crippen LogP contribution >= 0.6 is 11.5 Å². The summed E-state index contributed by atoms with van der Waals surface area (Å²) in [7, 11) is -1.77. The van der Waals surface area contributed by atoms with Gasteiger partial charge in [0.25, 0.3) is 0 Å². The van der Waals surface area contributed by atoms with Gasteiger partial charge in [0, 0.05) is 13.7 Å². The molecule has 0 radical (unpaired) electrons. The molecular weight excluding hydrogens is 262 g/mol. The summed E-state index contributed by atoms with van der Waals surface area (Å²) in [6.45, 7) is 2.82. The van der Waals surface area contributed by atoms with Gasteiger partial charge in [0.05, 0.1) is 12.4 Å². The number of hydrogen-bond donors (Lipinski definition) is 2. The molecule has 1 aromatic heterocycles. The Bertz CT molecular complexity index is 456. The molecule has 0 bridgehead atoms. The fourth-order valence-corrected chi connectivity index (χ4v) is 3.99. The maximum atomic E-state index is 12.0. The molecule has 1 aromatic rings. The van der Waals surface area contributed by atoms with Crippen molar-refractivity contribution >= 4 is 32.2 Å². The lowest BCUT2D eigenvalue weighted by Gasteiger charge is -2.06. The molecule has 0 aliphatic carbocycles. The summed E-state index contributed by atoms with van der Waals surface area (Å²) in [5.41, 5.74) is 5.61. The van der Waals surface area contributed by atoms with Crippen molar-refractivity contribution in [3.8, 4) is 0 Å². The first-order chi connectivity index (χ1) is 8.03. The average molecular weight is 279 g/mol. The lowest BCUT2D eigenvalue weighted by molar-refractivity contribution is 0.211. The number of hydrogen-bond acceptors (Lipinski definition) is 7. The molecule has 0 aliphatic heterocycles. The Labute approximate surface area is 105 Å². The van der Waals surface area contributed by atoms with E-state index in [1.807, 2.05) is 6.92 Å². The summed E-state index contributed by atoms with van der Waals surface area (Å²) >= 11 is 1.06. The van der Waals surface area contributed by atoms with Crippen LogP contribution in [0.2, 0.25) is 0 Å². The lowest BCUT2D eigenvalue weighted by Crippen LogP contribution is -2.12. The fourth-order valence-electron chi connectivity index (χ4n) is 1.34. The fraction of sp³-hybridized carbons (Fsp3) is 0.667. The normalized spacial score (nSPS) is 11.6. The van der Waals surface area contributed by atoms with Crippen LogP contribution in [-0.2, 0) is 14.6 Å². The van der Waals surface area contributed by atoms with Gasteiger partial charge in [-0.25, -0.2) is 8.42 Å². The largest absolute Gasteiger partial charge is 0.383 e. The highest BCUT2D eigenvalue weighted by Gasteiger charge is 2.24. The van der Waals surface area contributed by atoms with Crippen molar-refractivity contribution in [1.82, 2.24) is 4.37 Å². The highest BCUT2D eigenvalue weighted by molar-refractivity contribution is 7.91. The molecule has 1 heterocycles. The minimum absolute atomic E-state index is 0.0726. The SMILES string of the molecule is CCCS(=O)(=O)c1c(N)nsc1NCCOC. The van der Waals surface area contributed by atoms with E-state index < -0.39 is 9.84 Å². The van der Waals surface area contributed by atoms with E-state index in [1.54, 1.807) is 7.11 Å². The highest BCUT2D eigenvalue weighted by atomic mass is 32.2. The zero-order chi connectivity index (χ0) is 12.9. The van der Waals surface area contributed by atoms with Gasteiger partial charge < -0.3 is 15.8 Å². The van der Waals surface area contributed by atoms with Gasteiger partial charge in [-0.1, -0.05) is 6.92 Å². The first kappa shape index (κ1) is 14.2. The van der Waals surface area contributed by atoms with Gasteiger partial charge in [-0.15, -0.1) is 0 Å². The van der Waals surface area contributed by atoms with E-state index in [9.17, 15) is 8.42 Å². The number of aromatic nitrogens is 1. The minimum atomic E-state index is -3.35. The van der Waals surface area contributed by atoms with Crippen LogP contribution in [0.15, 0.2) is 4.90 Å². The molecule has 6 nitrogen and oxygen atoms in total. The van der Waals surface area contributed by atoms with Crippen LogP contribution in [0, 0.1) is 0 Å². The molecule has 0 aromatic carbocycles. The average Bonchev–Trinajstić information content (AvgIpc) is 2.61. The van der Waals surface area contributed by atoms with Gasteiger partial charge in [0.2, 0.25) is 0 Å². The van der Waals surface area contributed by atoms with Crippen molar-refractivity contribution in [2.24, 2.45) is 0 Å². The van der Waals surface area contributed by atoms with Crippen molar-refractivity contribution in [2.75, 3.05) is 37.1 Å². The van der Waals surface area contributed by atoms with Crippen LogP contribution < -0.4 is 11.1 Å². The van der Waals surface area contributed by atoms with Crippen molar-refractivity contribution in [3.63, 3.8) is 0 Å². The molecule has 0 fully saturated rings. The zero-order valence-electron chi connectivity index (χ0n) is 9.89. The van der Waals surface area contributed by atoms with Crippen LogP contribution in [0.3, 0.4) is 0 Å². The molecule has 0 aliphatic rings. The molecule has 0 spiro atoms. The highest BCUT2D eigenvalue weighted by Crippen LogP contribution is 2.32. The van der Waals surface area contributed by atoms with Gasteiger partial charge in [0.15, 0.2) is 15.7 Å².